The maximum absolute atomic E-state index is 4.93. The van der Waals surface area contributed by atoms with Gasteiger partial charge in [-0.15, -0.1) is 69.1 Å². The Morgan fingerprint density at radius 3 is 1.38 bits per heavy atom. The van der Waals surface area contributed by atoms with Crippen molar-refractivity contribution in [3.05, 3.63) is 109 Å². The van der Waals surface area contributed by atoms with Gasteiger partial charge in [0.15, 0.2) is 0 Å². The summed E-state index contributed by atoms with van der Waals surface area (Å²) >= 11 is -0.826. The third kappa shape index (κ3) is 8.46. The standard InChI is InChI=1S/2C16H16N.C2H6Si.2ClH.Zr/c2*1-3-12-9-13-5-4-6-15(16(13)10-12)14-7-8-17(2)11-14;1-3-2;;;/h2*4-11H,3H2,1-2H3;1-2H3;2*1H;/q2*-1;;;;+4/p-2. The Bertz CT molecular complexity index is 1480. The summed E-state index contributed by atoms with van der Waals surface area (Å²) in [6.07, 6.45) is 10.7. The number of hydrogen-bond acceptors (Lipinski definition) is 0. The molecule has 0 spiro atoms. The van der Waals surface area contributed by atoms with Crippen LogP contribution in [0.4, 0.5) is 0 Å². The Kier molecular flexibility index (Phi) is 13.3. The zero-order valence-corrected chi connectivity index (χ0v) is 29.3. The molecule has 4 aromatic carbocycles. The van der Waals surface area contributed by atoms with Gasteiger partial charge in [0, 0.05) is 48.4 Å². The van der Waals surface area contributed by atoms with Crippen LogP contribution in [-0.2, 0) is 47.8 Å². The van der Waals surface area contributed by atoms with Crippen LogP contribution in [0.1, 0.15) is 25.0 Å². The summed E-state index contributed by atoms with van der Waals surface area (Å²) in [6.45, 7) is 8.72. The molecule has 6 rings (SSSR count). The monoisotopic (exact) mass is 662 g/mol. The Morgan fingerprint density at radius 1 is 0.700 bits per heavy atom. The van der Waals surface area contributed by atoms with Crippen molar-refractivity contribution in [1.82, 2.24) is 9.13 Å². The molecule has 0 amide bonds. The van der Waals surface area contributed by atoms with Crippen molar-refractivity contribution < 1.29 is 20.8 Å². The van der Waals surface area contributed by atoms with Gasteiger partial charge < -0.3 is 9.13 Å². The summed E-state index contributed by atoms with van der Waals surface area (Å²) in [5.74, 6) is 0. The van der Waals surface area contributed by atoms with E-state index in [1.54, 1.807) is 0 Å². The fourth-order valence-electron chi connectivity index (χ4n) is 4.83. The molecule has 206 valence electrons. The number of aryl methyl sites for hydroxylation is 4. The summed E-state index contributed by atoms with van der Waals surface area (Å²) in [5, 5.41) is 5.44. The predicted molar refractivity (Wildman–Crippen MR) is 176 cm³/mol. The van der Waals surface area contributed by atoms with Gasteiger partial charge in [0.25, 0.3) is 0 Å². The van der Waals surface area contributed by atoms with Crippen molar-refractivity contribution in [2.75, 3.05) is 0 Å². The fraction of sp³-hybridized carbons (Fsp3) is 0.235. The predicted octanol–water partition coefficient (Wildman–Crippen LogP) is 10.4. The number of fused-ring (bicyclic) bond motifs is 2. The quantitative estimate of drug-likeness (QED) is 0.131. The molecular weight excluding hydrogens is 627 g/mol. The van der Waals surface area contributed by atoms with Crippen LogP contribution in [0.5, 0.6) is 0 Å². The number of rotatable bonds is 4. The fourth-order valence-corrected chi connectivity index (χ4v) is 4.83. The van der Waals surface area contributed by atoms with E-state index in [4.69, 9.17) is 17.0 Å². The second kappa shape index (κ2) is 16.4. The Labute approximate surface area is 261 Å². The molecule has 0 fully saturated rings. The van der Waals surface area contributed by atoms with Gasteiger partial charge in [-0.2, -0.15) is 12.1 Å². The van der Waals surface area contributed by atoms with Crippen molar-refractivity contribution in [1.29, 1.82) is 0 Å². The van der Waals surface area contributed by atoms with Gasteiger partial charge in [-0.25, -0.2) is 0 Å². The van der Waals surface area contributed by atoms with Crippen LogP contribution >= 0.6 is 17.0 Å². The second-order valence-corrected chi connectivity index (χ2v) is 14.5. The van der Waals surface area contributed by atoms with E-state index in [1.165, 1.54) is 54.9 Å². The molecule has 2 heterocycles. The molecule has 0 aliphatic heterocycles. The number of benzene rings is 2. The van der Waals surface area contributed by atoms with Crippen LogP contribution in [0, 0.1) is 0 Å². The minimum atomic E-state index is -0.826. The van der Waals surface area contributed by atoms with Gasteiger partial charge in [0.1, 0.15) is 0 Å². The number of aromatic nitrogens is 2. The number of hydrogen-bond donors (Lipinski definition) is 0. The van der Waals surface area contributed by atoms with E-state index in [0.29, 0.717) is 0 Å². The first kappa shape index (κ1) is 32.4. The molecule has 6 heteroatoms. The third-order valence-electron chi connectivity index (χ3n) is 6.72. The molecule has 6 aromatic rings. The Balaban J connectivity index is 0.000000185. The van der Waals surface area contributed by atoms with E-state index < -0.39 is 20.8 Å². The number of nitrogens with zero attached hydrogens (tertiary/aromatic N) is 2. The molecule has 2 nitrogen and oxygen atoms in total. The molecule has 0 saturated carbocycles. The van der Waals surface area contributed by atoms with Crippen LogP contribution in [0.2, 0.25) is 13.1 Å². The van der Waals surface area contributed by atoms with Crippen LogP contribution < -0.4 is 0 Å². The third-order valence-corrected chi connectivity index (χ3v) is 6.72. The van der Waals surface area contributed by atoms with Crippen LogP contribution in [0.15, 0.2) is 97.6 Å². The Hall–Kier alpha value is -2.10. The second-order valence-electron chi connectivity index (χ2n) is 9.75. The van der Waals surface area contributed by atoms with E-state index in [2.05, 4.69) is 148 Å². The molecule has 40 heavy (non-hydrogen) atoms. The molecule has 2 aromatic heterocycles. The van der Waals surface area contributed by atoms with Crippen molar-refractivity contribution >= 4 is 48.1 Å². The molecule has 0 N–H and O–H groups in total. The van der Waals surface area contributed by atoms with Crippen molar-refractivity contribution in [2.24, 2.45) is 14.1 Å². The van der Waals surface area contributed by atoms with Gasteiger partial charge in [-0.05, 0) is 36.1 Å². The van der Waals surface area contributed by atoms with E-state index >= 15 is 0 Å². The van der Waals surface area contributed by atoms with Crippen LogP contribution in [0.3, 0.4) is 0 Å². The molecule has 0 aliphatic carbocycles. The first-order valence-corrected chi connectivity index (χ1v) is 21.9. The zero-order valence-electron chi connectivity index (χ0n) is 24.3. The van der Waals surface area contributed by atoms with E-state index in [0.717, 1.165) is 22.4 Å². The van der Waals surface area contributed by atoms with Gasteiger partial charge in [0.2, 0.25) is 0 Å². The summed E-state index contributed by atoms with van der Waals surface area (Å²) in [5.41, 5.74) is 8.11. The van der Waals surface area contributed by atoms with Crippen molar-refractivity contribution in [3.63, 3.8) is 0 Å². The van der Waals surface area contributed by atoms with E-state index in [9.17, 15) is 0 Å². The molecule has 0 aliphatic rings. The summed E-state index contributed by atoms with van der Waals surface area (Å²) in [4.78, 5) is 0. The van der Waals surface area contributed by atoms with E-state index in [1.807, 2.05) is 0 Å². The molecular formula is C34H38Cl2N2SiZr. The molecule has 0 atom stereocenters. The summed E-state index contributed by atoms with van der Waals surface area (Å²) < 4.78 is 4.19. The van der Waals surface area contributed by atoms with Gasteiger partial charge in [-0.1, -0.05) is 50.2 Å². The first-order chi connectivity index (χ1) is 19.4. The first-order valence-electron chi connectivity index (χ1n) is 13.5. The van der Waals surface area contributed by atoms with Crippen molar-refractivity contribution in [3.8, 4) is 22.3 Å². The molecule has 2 radical (unpaired) electrons. The van der Waals surface area contributed by atoms with Gasteiger partial charge in [0.05, 0.1) is 0 Å². The SMILES string of the molecule is CCc1cc2c(-c3ccn(C)c3)cccc2[cH-]1.CCc1cc2c(-c3ccn(C)c3)cccc2[cH-]1.C[Si]C.[Cl][Zr+2][Cl]. The van der Waals surface area contributed by atoms with Crippen LogP contribution in [0.25, 0.3) is 43.8 Å². The van der Waals surface area contributed by atoms with Gasteiger partial charge >= 0.3 is 37.9 Å². The zero-order chi connectivity index (χ0) is 29.1. The number of halogens is 2. The van der Waals surface area contributed by atoms with E-state index in [-0.39, 0.29) is 0 Å². The molecule has 0 unspecified atom stereocenters. The summed E-state index contributed by atoms with van der Waals surface area (Å²) in [6, 6.07) is 26.7. The average molecular weight is 665 g/mol. The van der Waals surface area contributed by atoms with Crippen LogP contribution in [-0.4, -0.2) is 18.7 Å². The topological polar surface area (TPSA) is 9.86 Å². The summed E-state index contributed by atoms with van der Waals surface area (Å²) in [7, 11) is 15.1. The molecule has 0 bridgehead atoms. The Morgan fingerprint density at radius 2 is 1.07 bits per heavy atom. The normalized spacial score (nSPS) is 10.2. The average Bonchev–Trinajstić information content (AvgIpc) is 3.75. The molecule has 0 saturated heterocycles. The van der Waals surface area contributed by atoms with Crippen molar-refractivity contribution in [2.45, 2.75) is 39.8 Å². The maximum atomic E-state index is 4.93. The van der Waals surface area contributed by atoms with Gasteiger partial charge in [-0.3, -0.25) is 0 Å². The minimum absolute atomic E-state index is 0.826.